The summed E-state index contributed by atoms with van der Waals surface area (Å²) in [5.74, 6) is 2.01. The molecule has 170 valence electrons. The summed E-state index contributed by atoms with van der Waals surface area (Å²) in [5, 5.41) is 5.12. The van der Waals surface area contributed by atoms with Crippen molar-refractivity contribution in [2.45, 2.75) is 45.2 Å². The molecule has 0 spiro atoms. The SMILES string of the molecule is CC(CN1CCN(C)CC1)Nc1nc(CN2CCOCC2)nc2sc3c(c12)CCCC3. The molecule has 1 atom stereocenters. The molecule has 0 amide bonds. The molecule has 1 aliphatic carbocycles. The second kappa shape index (κ2) is 9.67. The maximum absolute atomic E-state index is 5.52. The van der Waals surface area contributed by atoms with Gasteiger partial charge >= 0.3 is 0 Å². The highest BCUT2D eigenvalue weighted by Gasteiger charge is 2.24. The van der Waals surface area contributed by atoms with Crippen LogP contribution in [0, 0.1) is 0 Å². The van der Waals surface area contributed by atoms with Gasteiger partial charge in [0.25, 0.3) is 0 Å². The number of aromatic nitrogens is 2. The lowest BCUT2D eigenvalue weighted by atomic mass is 9.97. The molecule has 0 bridgehead atoms. The predicted molar refractivity (Wildman–Crippen MR) is 127 cm³/mol. The second-order valence-corrected chi connectivity index (χ2v) is 10.5. The van der Waals surface area contributed by atoms with Crippen LogP contribution in [0.3, 0.4) is 0 Å². The van der Waals surface area contributed by atoms with E-state index in [1.54, 1.807) is 0 Å². The zero-order valence-electron chi connectivity index (χ0n) is 19.0. The molecular formula is C23H36N6OS. The van der Waals surface area contributed by atoms with E-state index in [1.807, 2.05) is 11.3 Å². The fraction of sp³-hybridized carbons (Fsp3) is 0.739. The number of hydrogen-bond acceptors (Lipinski definition) is 8. The Balaban J connectivity index is 1.39. The Hall–Kier alpha value is -1.32. The van der Waals surface area contributed by atoms with Gasteiger partial charge in [-0.15, -0.1) is 11.3 Å². The van der Waals surface area contributed by atoms with Gasteiger partial charge in [0.15, 0.2) is 0 Å². The molecule has 7 nitrogen and oxygen atoms in total. The van der Waals surface area contributed by atoms with E-state index >= 15 is 0 Å². The number of nitrogens with zero attached hydrogens (tertiary/aromatic N) is 5. The smallest absolute Gasteiger partial charge is 0.146 e. The van der Waals surface area contributed by atoms with Gasteiger partial charge in [0.1, 0.15) is 16.5 Å². The van der Waals surface area contributed by atoms with Crippen molar-refractivity contribution in [3.8, 4) is 0 Å². The predicted octanol–water partition coefficient (Wildman–Crippen LogP) is 2.45. The molecule has 8 heteroatoms. The van der Waals surface area contributed by atoms with E-state index in [-0.39, 0.29) is 0 Å². The van der Waals surface area contributed by atoms with E-state index in [1.165, 1.54) is 46.3 Å². The van der Waals surface area contributed by atoms with Gasteiger partial charge < -0.3 is 15.0 Å². The van der Waals surface area contributed by atoms with E-state index in [0.717, 1.165) is 77.2 Å². The van der Waals surface area contributed by atoms with Crippen LogP contribution in [0.2, 0.25) is 0 Å². The molecule has 0 radical (unpaired) electrons. The third-order valence-corrected chi connectivity index (χ3v) is 8.03. The fourth-order valence-corrected chi connectivity index (χ4v) is 6.31. The average molecular weight is 445 g/mol. The van der Waals surface area contributed by atoms with Gasteiger partial charge in [-0.3, -0.25) is 9.80 Å². The molecule has 2 saturated heterocycles. The topological polar surface area (TPSA) is 56.8 Å². The number of piperazine rings is 1. The Kier molecular flexibility index (Phi) is 6.71. The molecule has 2 aromatic heterocycles. The Morgan fingerprint density at radius 2 is 1.77 bits per heavy atom. The molecular weight excluding hydrogens is 408 g/mol. The zero-order valence-corrected chi connectivity index (χ0v) is 19.8. The van der Waals surface area contributed by atoms with Crippen molar-refractivity contribution in [3.63, 3.8) is 0 Å². The molecule has 0 aromatic carbocycles. The lowest BCUT2D eigenvalue weighted by Gasteiger charge is -2.34. The van der Waals surface area contributed by atoms with Crippen LogP contribution in [0.5, 0.6) is 0 Å². The summed E-state index contributed by atoms with van der Waals surface area (Å²) in [6.07, 6.45) is 4.95. The molecule has 31 heavy (non-hydrogen) atoms. The average Bonchev–Trinajstić information content (AvgIpc) is 3.14. The monoisotopic (exact) mass is 444 g/mol. The van der Waals surface area contributed by atoms with E-state index in [9.17, 15) is 0 Å². The third kappa shape index (κ3) is 5.03. The number of rotatable bonds is 6. The number of morpholine rings is 1. The maximum Gasteiger partial charge on any atom is 0.146 e. The standard InChI is InChI=1S/C23H36N6OS/c1-17(15-28-9-7-27(2)8-10-28)24-22-21-18-5-3-4-6-19(18)31-23(21)26-20(25-22)16-29-11-13-30-14-12-29/h17H,3-16H2,1-2H3,(H,24,25,26). The first-order valence-corrected chi connectivity index (χ1v) is 12.8. The minimum atomic E-state index is 0.358. The van der Waals surface area contributed by atoms with Crippen LogP contribution < -0.4 is 5.32 Å². The first-order valence-electron chi connectivity index (χ1n) is 11.9. The first-order chi connectivity index (χ1) is 15.2. The van der Waals surface area contributed by atoms with Gasteiger partial charge in [0, 0.05) is 56.7 Å². The maximum atomic E-state index is 5.52. The van der Waals surface area contributed by atoms with Crippen molar-refractivity contribution in [3.05, 3.63) is 16.3 Å². The molecule has 2 aliphatic heterocycles. The van der Waals surface area contributed by atoms with Crippen molar-refractivity contribution >= 4 is 27.4 Å². The second-order valence-electron chi connectivity index (χ2n) is 9.42. The Labute approximate surface area is 189 Å². The molecule has 5 rings (SSSR count). The van der Waals surface area contributed by atoms with E-state index in [0.29, 0.717) is 6.04 Å². The van der Waals surface area contributed by atoms with Crippen LogP contribution >= 0.6 is 11.3 Å². The first kappa shape index (κ1) is 21.5. The summed E-state index contributed by atoms with van der Waals surface area (Å²) in [7, 11) is 2.21. The van der Waals surface area contributed by atoms with Gasteiger partial charge in [-0.1, -0.05) is 0 Å². The number of anilines is 1. The number of nitrogens with one attached hydrogen (secondary N) is 1. The van der Waals surface area contributed by atoms with Gasteiger partial charge in [0.2, 0.25) is 0 Å². The lowest BCUT2D eigenvalue weighted by Crippen LogP contribution is -2.47. The van der Waals surface area contributed by atoms with E-state index in [2.05, 4.69) is 34.0 Å². The van der Waals surface area contributed by atoms with Gasteiger partial charge in [-0.05, 0) is 45.2 Å². The highest BCUT2D eigenvalue weighted by molar-refractivity contribution is 7.19. The van der Waals surface area contributed by atoms with Crippen LogP contribution in [-0.4, -0.2) is 96.8 Å². The van der Waals surface area contributed by atoms with Crippen molar-refractivity contribution in [1.29, 1.82) is 0 Å². The summed E-state index contributed by atoms with van der Waals surface area (Å²) in [5.41, 5.74) is 1.51. The van der Waals surface area contributed by atoms with Crippen LogP contribution in [0.4, 0.5) is 5.82 Å². The quantitative estimate of drug-likeness (QED) is 0.734. The molecule has 4 heterocycles. The largest absolute Gasteiger partial charge is 0.379 e. The van der Waals surface area contributed by atoms with Crippen LogP contribution in [0.1, 0.15) is 36.0 Å². The third-order valence-electron chi connectivity index (χ3n) is 6.84. The fourth-order valence-electron chi connectivity index (χ4n) is 5.03. The number of ether oxygens (including phenoxy) is 1. The molecule has 1 unspecified atom stereocenters. The number of aryl methyl sites for hydroxylation is 2. The minimum Gasteiger partial charge on any atom is -0.379 e. The van der Waals surface area contributed by atoms with Gasteiger partial charge in [-0.2, -0.15) is 0 Å². The Bertz CT molecular complexity index is 888. The lowest BCUT2D eigenvalue weighted by molar-refractivity contribution is 0.0331. The van der Waals surface area contributed by atoms with Crippen LogP contribution in [-0.2, 0) is 24.1 Å². The van der Waals surface area contributed by atoms with Gasteiger partial charge in [-0.25, -0.2) is 9.97 Å². The van der Waals surface area contributed by atoms with E-state index < -0.39 is 0 Å². The van der Waals surface area contributed by atoms with Crippen molar-refractivity contribution < 1.29 is 4.74 Å². The number of fused-ring (bicyclic) bond motifs is 3. The zero-order chi connectivity index (χ0) is 21.2. The molecule has 2 aromatic rings. The summed E-state index contributed by atoms with van der Waals surface area (Å²) in [6.45, 7) is 12.3. The van der Waals surface area contributed by atoms with Crippen molar-refractivity contribution in [2.24, 2.45) is 0 Å². The summed E-state index contributed by atoms with van der Waals surface area (Å²) in [6, 6.07) is 0.358. The van der Waals surface area contributed by atoms with Crippen LogP contribution in [0.25, 0.3) is 10.2 Å². The number of thiophene rings is 1. The Morgan fingerprint density at radius 3 is 2.58 bits per heavy atom. The highest BCUT2D eigenvalue weighted by Crippen LogP contribution is 2.39. The van der Waals surface area contributed by atoms with E-state index in [4.69, 9.17) is 14.7 Å². The van der Waals surface area contributed by atoms with Crippen molar-refractivity contribution in [2.75, 3.05) is 71.4 Å². The number of hydrogen-bond donors (Lipinski definition) is 1. The summed E-state index contributed by atoms with van der Waals surface area (Å²) < 4.78 is 5.52. The molecule has 2 fully saturated rings. The van der Waals surface area contributed by atoms with Gasteiger partial charge in [0.05, 0.1) is 25.1 Å². The molecule has 3 aliphatic rings. The highest BCUT2D eigenvalue weighted by atomic mass is 32.1. The van der Waals surface area contributed by atoms with Crippen LogP contribution in [0.15, 0.2) is 0 Å². The van der Waals surface area contributed by atoms with Crippen molar-refractivity contribution in [1.82, 2.24) is 24.7 Å². The normalized spacial score (nSPS) is 22.5. The molecule has 0 saturated carbocycles. The Morgan fingerprint density at radius 1 is 1.00 bits per heavy atom. The summed E-state index contributed by atoms with van der Waals surface area (Å²) in [4.78, 5) is 20.3. The molecule has 1 N–H and O–H groups in total. The minimum absolute atomic E-state index is 0.358. The number of likely N-dealkylation sites (N-methyl/N-ethyl adjacent to an activating group) is 1. The summed E-state index contributed by atoms with van der Waals surface area (Å²) >= 11 is 1.90.